The number of hydrogen-bond donors (Lipinski definition) is 3. The van der Waals surface area contributed by atoms with E-state index >= 15 is 0 Å². The van der Waals surface area contributed by atoms with Crippen molar-refractivity contribution in [1.82, 2.24) is 5.48 Å². The lowest BCUT2D eigenvalue weighted by molar-refractivity contribution is -0.256. The second kappa shape index (κ2) is 6.52. The minimum Gasteiger partial charge on any atom is -0.351 e. The average molecular weight is 233 g/mol. The van der Waals surface area contributed by atoms with Gasteiger partial charge in [0.2, 0.25) is 0 Å². The molecule has 7 heteroatoms. The summed E-state index contributed by atoms with van der Waals surface area (Å²) < 4.78 is 0. The highest BCUT2D eigenvalue weighted by atomic mass is 32.1. The van der Waals surface area contributed by atoms with Crippen molar-refractivity contribution in [3.8, 4) is 0 Å². The number of amidine groups is 1. The molecule has 1 aliphatic carbocycles. The number of carbonyl (C=O) groups excluding carboxylic acids is 1. The topological polar surface area (TPSA) is 85.9 Å². The van der Waals surface area contributed by atoms with Gasteiger partial charge in [-0.05, 0) is 12.8 Å². The van der Waals surface area contributed by atoms with Gasteiger partial charge in [-0.25, -0.2) is 4.99 Å². The minimum atomic E-state index is -0.666. The predicted octanol–water partition coefficient (Wildman–Crippen LogP) is 1.14. The molecule has 0 atom stereocenters. The van der Waals surface area contributed by atoms with Gasteiger partial charge in [0.15, 0.2) is 0 Å². The first-order valence-corrected chi connectivity index (χ1v) is 5.29. The molecule has 0 unspecified atom stereocenters. The van der Waals surface area contributed by atoms with E-state index in [4.69, 9.17) is 5.73 Å². The molecule has 15 heavy (non-hydrogen) atoms. The molecule has 0 saturated heterocycles. The van der Waals surface area contributed by atoms with E-state index in [1.807, 2.05) is 5.48 Å². The number of rotatable bonds is 3. The second-order valence-electron chi connectivity index (χ2n) is 3.33. The number of amides is 1. The maximum Gasteiger partial charge on any atom is 0.322 e. The van der Waals surface area contributed by atoms with Gasteiger partial charge >= 0.3 is 11.3 Å². The van der Waals surface area contributed by atoms with Crippen molar-refractivity contribution in [3.05, 3.63) is 0 Å². The Morgan fingerprint density at radius 1 is 1.40 bits per heavy atom. The molecule has 1 aliphatic rings. The number of nitrogens with one attached hydrogen (secondary N) is 1. The van der Waals surface area contributed by atoms with Gasteiger partial charge in [-0.3, -0.25) is 9.68 Å². The molecule has 86 valence electrons. The molecule has 0 aromatic carbocycles. The maximum absolute atomic E-state index is 10.3. The minimum absolute atomic E-state index is 0.0796. The van der Waals surface area contributed by atoms with Crippen LogP contribution in [0, 0.1) is 0 Å². The fourth-order valence-corrected chi connectivity index (χ4v) is 1.55. The maximum atomic E-state index is 10.3. The first-order chi connectivity index (χ1) is 7.18. The Bertz CT molecular complexity index is 241. The quantitative estimate of drug-likeness (QED) is 0.224. The summed E-state index contributed by atoms with van der Waals surface area (Å²) in [5.74, 6) is 0. The summed E-state index contributed by atoms with van der Waals surface area (Å²) in [6, 6.07) is 0.123. The number of thiol groups is 1. The fourth-order valence-electron chi connectivity index (χ4n) is 1.51. The van der Waals surface area contributed by atoms with Crippen LogP contribution in [0.5, 0.6) is 0 Å². The number of nitrogens with zero attached hydrogens (tertiary/aromatic N) is 1. The number of hydrogen-bond acceptors (Lipinski definition) is 4. The largest absolute Gasteiger partial charge is 0.351 e. The Balaban J connectivity index is 2.21. The van der Waals surface area contributed by atoms with Crippen LogP contribution in [0.3, 0.4) is 0 Å². The van der Waals surface area contributed by atoms with Crippen molar-refractivity contribution in [3.63, 3.8) is 0 Å². The fraction of sp³-hybridized carbons (Fsp3) is 0.750. The lowest BCUT2D eigenvalue weighted by Crippen LogP contribution is -2.26. The van der Waals surface area contributed by atoms with Crippen molar-refractivity contribution < 1.29 is 14.7 Å². The highest BCUT2D eigenvalue weighted by Crippen LogP contribution is 2.20. The van der Waals surface area contributed by atoms with E-state index in [1.54, 1.807) is 0 Å². The molecule has 3 N–H and O–H groups in total. The third-order valence-electron chi connectivity index (χ3n) is 2.14. The Labute approximate surface area is 93.5 Å². The van der Waals surface area contributed by atoms with Crippen LogP contribution in [0.1, 0.15) is 32.1 Å². The predicted molar refractivity (Wildman–Crippen MR) is 58.2 cm³/mol. The van der Waals surface area contributed by atoms with Crippen LogP contribution in [-0.4, -0.2) is 17.3 Å². The first kappa shape index (κ1) is 12.1. The number of aliphatic imine (C=N–C) groups is 1. The summed E-state index contributed by atoms with van der Waals surface area (Å²) >= 11 is 3.40. The van der Waals surface area contributed by atoms with Gasteiger partial charge in [0.25, 0.3) is 0 Å². The third-order valence-corrected chi connectivity index (χ3v) is 2.23. The van der Waals surface area contributed by atoms with E-state index in [-0.39, 0.29) is 12.1 Å². The Morgan fingerprint density at radius 3 is 2.67 bits per heavy atom. The third kappa shape index (κ3) is 5.48. The van der Waals surface area contributed by atoms with E-state index in [1.165, 1.54) is 6.42 Å². The van der Waals surface area contributed by atoms with Gasteiger partial charge in [-0.15, -0.1) is 0 Å². The molecular formula is C8H15N3O3S. The lowest BCUT2D eigenvalue weighted by atomic mass is 9.96. The van der Waals surface area contributed by atoms with E-state index in [0.717, 1.165) is 25.7 Å². The number of nitrogens with two attached hydrogens (primary N) is 1. The SMILES string of the molecule is NC(=NC1CCCCC1)OONC(=O)S. The number of carbonyl (C=O) groups is 1. The van der Waals surface area contributed by atoms with Crippen LogP contribution in [0.15, 0.2) is 4.99 Å². The summed E-state index contributed by atoms with van der Waals surface area (Å²) in [4.78, 5) is 23.2. The normalized spacial score (nSPS) is 18.6. The molecule has 0 spiro atoms. The highest BCUT2D eigenvalue weighted by Gasteiger charge is 2.13. The van der Waals surface area contributed by atoms with Crippen LogP contribution in [0.4, 0.5) is 4.79 Å². The molecule has 0 radical (unpaired) electrons. The summed E-state index contributed by atoms with van der Waals surface area (Å²) in [6.07, 6.45) is 5.61. The van der Waals surface area contributed by atoms with Crippen molar-refractivity contribution in [2.75, 3.05) is 0 Å². The van der Waals surface area contributed by atoms with Crippen molar-refractivity contribution in [2.24, 2.45) is 10.7 Å². The van der Waals surface area contributed by atoms with Crippen LogP contribution in [-0.2, 0) is 9.88 Å². The van der Waals surface area contributed by atoms with Gasteiger partial charge in [0, 0.05) is 0 Å². The Morgan fingerprint density at radius 2 is 2.07 bits per heavy atom. The standard InChI is InChI=1S/C8H15N3O3S/c9-7(13-14-11-8(12)15)10-6-4-2-1-3-5-6/h6H,1-5H2,(H2,9,10)(H2,11,12,15). The van der Waals surface area contributed by atoms with Crippen LogP contribution >= 0.6 is 12.6 Å². The summed E-state index contributed by atoms with van der Waals surface area (Å²) in [5.41, 5.74) is 7.27. The lowest BCUT2D eigenvalue weighted by Gasteiger charge is -2.17. The molecule has 1 rings (SSSR count). The second-order valence-corrected chi connectivity index (χ2v) is 3.74. The zero-order valence-electron chi connectivity index (χ0n) is 8.31. The number of hydroxylamine groups is 1. The monoisotopic (exact) mass is 233 g/mol. The van der Waals surface area contributed by atoms with Gasteiger partial charge in [-0.1, -0.05) is 36.9 Å². The summed E-state index contributed by atoms with van der Waals surface area (Å²) in [6.45, 7) is 0. The summed E-state index contributed by atoms with van der Waals surface area (Å²) in [5, 5.41) is -0.666. The molecule has 0 aromatic heterocycles. The van der Waals surface area contributed by atoms with Crippen molar-refractivity contribution in [2.45, 2.75) is 38.1 Å². The van der Waals surface area contributed by atoms with E-state index < -0.39 is 5.24 Å². The Kier molecular flexibility index (Phi) is 5.27. The molecular weight excluding hydrogens is 218 g/mol. The van der Waals surface area contributed by atoms with Crippen molar-refractivity contribution in [1.29, 1.82) is 0 Å². The van der Waals surface area contributed by atoms with Gasteiger partial charge in [0.1, 0.15) is 0 Å². The smallest absolute Gasteiger partial charge is 0.322 e. The molecule has 0 bridgehead atoms. The molecule has 6 nitrogen and oxygen atoms in total. The van der Waals surface area contributed by atoms with Gasteiger partial charge in [0.05, 0.1) is 6.04 Å². The van der Waals surface area contributed by atoms with Crippen LogP contribution < -0.4 is 11.2 Å². The van der Waals surface area contributed by atoms with Gasteiger partial charge in [-0.2, -0.15) is 5.48 Å². The molecule has 1 fully saturated rings. The van der Waals surface area contributed by atoms with Crippen molar-refractivity contribution >= 4 is 23.9 Å². The van der Waals surface area contributed by atoms with E-state index in [2.05, 4.69) is 27.5 Å². The molecule has 0 heterocycles. The summed E-state index contributed by atoms with van der Waals surface area (Å²) in [7, 11) is 0. The molecule has 0 aromatic rings. The zero-order valence-corrected chi connectivity index (χ0v) is 9.20. The Hall–Kier alpha value is -0.950. The van der Waals surface area contributed by atoms with E-state index in [0.29, 0.717) is 0 Å². The molecule has 0 aliphatic heterocycles. The van der Waals surface area contributed by atoms with Gasteiger partial charge < -0.3 is 5.73 Å². The van der Waals surface area contributed by atoms with E-state index in [9.17, 15) is 4.79 Å². The first-order valence-electron chi connectivity index (χ1n) is 4.84. The average Bonchev–Trinajstić information content (AvgIpc) is 2.18. The zero-order chi connectivity index (χ0) is 11.1. The van der Waals surface area contributed by atoms with Crippen LogP contribution in [0.25, 0.3) is 0 Å². The molecule has 1 amide bonds. The van der Waals surface area contributed by atoms with Crippen LogP contribution in [0.2, 0.25) is 0 Å². The highest BCUT2D eigenvalue weighted by molar-refractivity contribution is 7.96. The molecule has 1 saturated carbocycles.